The minimum absolute atomic E-state index is 0.0164. The SMILES string of the molecule is COC(=O)/C(=C/c1ccc(OC(C)=O)c(OC)c1)NC(C)=O. The molecule has 0 radical (unpaired) electrons. The number of methoxy groups -OCH3 is 2. The fourth-order valence-corrected chi connectivity index (χ4v) is 1.63. The normalized spacial score (nSPS) is 10.6. The number of esters is 2. The van der Waals surface area contributed by atoms with E-state index >= 15 is 0 Å². The Labute approximate surface area is 127 Å². The second-order valence-corrected chi connectivity index (χ2v) is 4.23. The Balaban J connectivity index is 3.18. The molecule has 1 aromatic rings. The molecule has 1 rings (SSSR count). The highest BCUT2D eigenvalue weighted by molar-refractivity contribution is 5.97. The first kappa shape index (κ1) is 17.2. The fraction of sp³-hybridized carbons (Fsp3) is 0.267. The molecule has 118 valence electrons. The van der Waals surface area contributed by atoms with E-state index in [1.165, 1.54) is 40.2 Å². The Morgan fingerprint density at radius 2 is 1.77 bits per heavy atom. The van der Waals surface area contributed by atoms with Crippen LogP contribution in [-0.2, 0) is 19.1 Å². The Bertz CT molecular complexity index is 620. The van der Waals surface area contributed by atoms with Gasteiger partial charge in [0.2, 0.25) is 5.91 Å². The summed E-state index contributed by atoms with van der Waals surface area (Å²) in [6, 6.07) is 4.68. The Morgan fingerprint density at radius 1 is 1.09 bits per heavy atom. The lowest BCUT2D eigenvalue weighted by Crippen LogP contribution is -2.25. The van der Waals surface area contributed by atoms with Crippen molar-refractivity contribution in [1.82, 2.24) is 5.32 Å². The van der Waals surface area contributed by atoms with Crippen LogP contribution in [0, 0.1) is 0 Å². The van der Waals surface area contributed by atoms with Crippen LogP contribution >= 0.6 is 0 Å². The van der Waals surface area contributed by atoms with Crippen molar-refractivity contribution in [3.8, 4) is 11.5 Å². The zero-order valence-electron chi connectivity index (χ0n) is 12.8. The number of nitrogens with one attached hydrogen (secondary N) is 1. The van der Waals surface area contributed by atoms with Gasteiger partial charge in [-0.05, 0) is 23.8 Å². The highest BCUT2D eigenvalue weighted by Gasteiger charge is 2.13. The molecule has 7 nitrogen and oxygen atoms in total. The maximum absolute atomic E-state index is 11.6. The first-order chi connectivity index (χ1) is 10.4. The number of carbonyl (C=O) groups excluding carboxylic acids is 3. The number of rotatable bonds is 5. The average Bonchev–Trinajstić information content (AvgIpc) is 2.46. The van der Waals surface area contributed by atoms with Gasteiger partial charge in [-0.3, -0.25) is 9.59 Å². The molecular weight excluding hydrogens is 290 g/mol. The van der Waals surface area contributed by atoms with Crippen molar-refractivity contribution in [3.63, 3.8) is 0 Å². The summed E-state index contributed by atoms with van der Waals surface area (Å²) >= 11 is 0. The maximum Gasteiger partial charge on any atom is 0.354 e. The van der Waals surface area contributed by atoms with Crippen LogP contribution in [0.15, 0.2) is 23.9 Å². The van der Waals surface area contributed by atoms with E-state index in [4.69, 9.17) is 9.47 Å². The monoisotopic (exact) mass is 307 g/mol. The lowest BCUT2D eigenvalue weighted by molar-refractivity contribution is -0.137. The maximum atomic E-state index is 11.6. The van der Waals surface area contributed by atoms with E-state index in [1.807, 2.05) is 0 Å². The second kappa shape index (κ2) is 7.82. The van der Waals surface area contributed by atoms with Gasteiger partial charge in [0, 0.05) is 13.8 Å². The summed E-state index contributed by atoms with van der Waals surface area (Å²) in [7, 11) is 2.63. The van der Waals surface area contributed by atoms with Crippen molar-refractivity contribution < 1.29 is 28.6 Å². The van der Waals surface area contributed by atoms with Crippen LogP contribution < -0.4 is 14.8 Å². The number of benzene rings is 1. The molecule has 1 amide bonds. The van der Waals surface area contributed by atoms with Crippen molar-refractivity contribution in [3.05, 3.63) is 29.5 Å². The van der Waals surface area contributed by atoms with Crippen LogP contribution in [0.5, 0.6) is 11.5 Å². The summed E-state index contributed by atoms with van der Waals surface area (Å²) < 4.78 is 14.7. The molecular formula is C15H17NO6. The van der Waals surface area contributed by atoms with Crippen LogP contribution in [0.2, 0.25) is 0 Å². The second-order valence-electron chi connectivity index (χ2n) is 4.23. The summed E-state index contributed by atoms with van der Waals surface area (Å²) in [5, 5.41) is 2.38. The van der Waals surface area contributed by atoms with Crippen LogP contribution in [0.1, 0.15) is 19.4 Å². The predicted molar refractivity (Wildman–Crippen MR) is 78.1 cm³/mol. The lowest BCUT2D eigenvalue weighted by atomic mass is 10.1. The molecule has 0 atom stereocenters. The lowest BCUT2D eigenvalue weighted by Gasteiger charge is -2.10. The third-order valence-electron chi connectivity index (χ3n) is 2.47. The number of amides is 1. The van der Waals surface area contributed by atoms with Crippen LogP contribution in [-0.4, -0.2) is 32.1 Å². The molecule has 0 aliphatic heterocycles. The third kappa shape index (κ3) is 4.93. The molecule has 0 unspecified atom stereocenters. The third-order valence-corrected chi connectivity index (χ3v) is 2.47. The highest BCUT2D eigenvalue weighted by Crippen LogP contribution is 2.29. The van der Waals surface area contributed by atoms with Crippen LogP contribution in [0.3, 0.4) is 0 Å². The van der Waals surface area contributed by atoms with Crippen molar-refractivity contribution in [1.29, 1.82) is 0 Å². The van der Waals surface area contributed by atoms with Gasteiger partial charge in [-0.2, -0.15) is 0 Å². The molecule has 0 bridgehead atoms. The fourth-order valence-electron chi connectivity index (χ4n) is 1.63. The first-order valence-corrected chi connectivity index (χ1v) is 6.31. The zero-order chi connectivity index (χ0) is 16.7. The summed E-state index contributed by atoms with van der Waals surface area (Å²) in [5.74, 6) is -0.990. The summed E-state index contributed by atoms with van der Waals surface area (Å²) in [5.41, 5.74) is 0.541. The van der Waals surface area contributed by atoms with Gasteiger partial charge < -0.3 is 19.5 Å². The van der Waals surface area contributed by atoms with Gasteiger partial charge in [0.1, 0.15) is 5.70 Å². The number of carbonyl (C=O) groups is 3. The number of hydrogen-bond donors (Lipinski definition) is 1. The summed E-state index contributed by atoms with van der Waals surface area (Å²) in [4.78, 5) is 33.7. The standard InChI is InChI=1S/C15H17NO6/c1-9(17)16-12(15(19)21-4)7-11-5-6-13(22-10(2)18)14(8-11)20-3/h5-8H,1-4H3,(H,16,17)/b12-7-. The molecule has 0 saturated carbocycles. The van der Waals surface area contributed by atoms with Crippen molar-refractivity contribution in [2.75, 3.05) is 14.2 Å². The number of ether oxygens (including phenoxy) is 3. The van der Waals surface area contributed by atoms with Crippen LogP contribution in [0.25, 0.3) is 6.08 Å². The summed E-state index contributed by atoms with van der Waals surface area (Å²) in [6.07, 6.45) is 1.42. The molecule has 0 saturated heterocycles. The van der Waals surface area contributed by atoms with Crippen molar-refractivity contribution in [2.24, 2.45) is 0 Å². The minimum atomic E-state index is -0.682. The van der Waals surface area contributed by atoms with Gasteiger partial charge in [0.05, 0.1) is 14.2 Å². The van der Waals surface area contributed by atoms with Crippen molar-refractivity contribution >= 4 is 23.9 Å². The van der Waals surface area contributed by atoms with E-state index in [1.54, 1.807) is 12.1 Å². The van der Waals surface area contributed by atoms with E-state index in [0.29, 0.717) is 11.3 Å². The molecule has 0 aromatic heterocycles. The average molecular weight is 307 g/mol. The highest BCUT2D eigenvalue weighted by atomic mass is 16.6. The van der Waals surface area contributed by atoms with E-state index in [2.05, 4.69) is 10.1 Å². The molecule has 1 aromatic carbocycles. The molecule has 7 heteroatoms. The molecule has 0 aliphatic carbocycles. The zero-order valence-corrected chi connectivity index (χ0v) is 12.8. The molecule has 0 fully saturated rings. The Morgan fingerprint density at radius 3 is 2.27 bits per heavy atom. The van der Waals surface area contributed by atoms with Gasteiger partial charge in [-0.1, -0.05) is 6.07 Å². The molecule has 0 spiro atoms. The van der Waals surface area contributed by atoms with E-state index in [0.717, 1.165) is 0 Å². The van der Waals surface area contributed by atoms with E-state index in [-0.39, 0.29) is 11.4 Å². The van der Waals surface area contributed by atoms with Gasteiger partial charge in [0.15, 0.2) is 11.5 Å². The minimum Gasteiger partial charge on any atom is -0.493 e. The van der Waals surface area contributed by atoms with Gasteiger partial charge in [-0.25, -0.2) is 4.79 Å². The molecule has 0 aliphatic rings. The molecule has 22 heavy (non-hydrogen) atoms. The van der Waals surface area contributed by atoms with Gasteiger partial charge in [-0.15, -0.1) is 0 Å². The van der Waals surface area contributed by atoms with E-state index in [9.17, 15) is 14.4 Å². The van der Waals surface area contributed by atoms with Crippen LogP contribution in [0.4, 0.5) is 0 Å². The first-order valence-electron chi connectivity index (χ1n) is 6.31. The topological polar surface area (TPSA) is 90.9 Å². The Kier molecular flexibility index (Phi) is 6.12. The molecule has 1 N–H and O–H groups in total. The van der Waals surface area contributed by atoms with E-state index < -0.39 is 17.8 Å². The van der Waals surface area contributed by atoms with Gasteiger partial charge in [0.25, 0.3) is 0 Å². The van der Waals surface area contributed by atoms with Crippen molar-refractivity contribution in [2.45, 2.75) is 13.8 Å². The van der Waals surface area contributed by atoms with Gasteiger partial charge >= 0.3 is 11.9 Å². The largest absolute Gasteiger partial charge is 0.493 e. The summed E-state index contributed by atoms with van der Waals surface area (Å²) in [6.45, 7) is 2.56. The molecule has 0 heterocycles. The smallest absolute Gasteiger partial charge is 0.354 e. The Hall–Kier alpha value is -2.83. The number of hydrogen-bond acceptors (Lipinski definition) is 6. The quantitative estimate of drug-likeness (QED) is 0.500. The predicted octanol–water partition coefficient (Wildman–Crippen LogP) is 1.27.